The Morgan fingerprint density at radius 1 is 0.275 bits per heavy atom. The van der Waals surface area contributed by atoms with Gasteiger partial charge in [0.05, 0.1) is 44.5 Å². The lowest BCUT2D eigenvalue weighted by atomic mass is 10.0. The Morgan fingerprint density at radius 2 is 0.686 bits per heavy atom. The zero-order valence-electron chi connectivity index (χ0n) is 27.7. The van der Waals surface area contributed by atoms with E-state index in [1.807, 2.05) is 0 Å². The van der Waals surface area contributed by atoms with Crippen LogP contribution in [-0.4, -0.2) is 13.7 Å². The van der Waals surface area contributed by atoms with E-state index in [1.165, 1.54) is 82.2 Å². The largest absolute Gasteiger partial charge is 0.309 e. The molecule has 3 aromatic heterocycles. The number of para-hydroxylation sites is 6. The van der Waals surface area contributed by atoms with Crippen LogP contribution in [0.25, 0.3) is 93.6 Å². The van der Waals surface area contributed by atoms with E-state index >= 15 is 0 Å². The van der Waals surface area contributed by atoms with Gasteiger partial charge in [0.15, 0.2) is 0 Å². The Morgan fingerprint density at radius 3 is 1.29 bits per heavy atom. The van der Waals surface area contributed by atoms with Crippen LogP contribution in [-0.2, 0) is 0 Å². The minimum Gasteiger partial charge on any atom is -0.309 e. The number of aromatic nitrogens is 3. The van der Waals surface area contributed by atoms with Crippen LogP contribution >= 0.6 is 0 Å². The van der Waals surface area contributed by atoms with Gasteiger partial charge in [0, 0.05) is 43.6 Å². The standard InChI is InChI=1S/C48H31N3/c1-7-23-40(34(17-1)32-15-13-16-33(31-32)49-41-24-8-2-18-35(41)36-19-3-9-25-42(36)49)50-45-28-12-6-22-39(45)48-46(50)29-14-30-47(48)51-43-26-10-4-20-37(43)38-21-5-11-27-44(38)51/h1-31H. The first-order valence-electron chi connectivity index (χ1n) is 17.5. The first-order valence-corrected chi connectivity index (χ1v) is 17.5. The molecule has 0 N–H and O–H groups in total. The van der Waals surface area contributed by atoms with E-state index < -0.39 is 0 Å². The summed E-state index contributed by atoms with van der Waals surface area (Å²) in [6.07, 6.45) is 0. The van der Waals surface area contributed by atoms with Gasteiger partial charge in [-0.2, -0.15) is 0 Å². The van der Waals surface area contributed by atoms with Gasteiger partial charge in [-0.25, -0.2) is 0 Å². The molecule has 0 amide bonds. The van der Waals surface area contributed by atoms with Gasteiger partial charge >= 0.3 is 0 Å². The van der Waals surface area contributed by atoms with Gasteiger partial charge in [0.1, 0.15) is 0 Å². The van der Waals surface area contributed by atoms with Gasteiger partial charge in [-0.3, -0.25) is 0 Å². The molecule has 0 fully saturated rings. The smallest absolute Gasteiger partial charge is 0.0562 e. The topological polar surface area (TPSA) is 14.8 Å². The minimum absolute atomic E-state index is 1.15. The fourth-order valence-electron chi connectivity index (χ4n) is 8.55. The molecular formula is C48H31N3. The van der Waals surface area contributed by atoms with Gasteiger partial charge in [0.2, 0.25) is 0 Å². The molecule has 0 atom stereocenters. The zero-order valence-corrected chi connectivity index (χ0v) is 27.7. The fraction of sp³-hybridized carbons (Fsp3) is 0. The van der Waals surface area contributed by atoms with Crippen molar-refractivity contribution < 1.29 is 0 Å². The molecule has 11 rings (SSSR count). The normalized spacial score (nSPS) is 11.9. The third-order valence-electron chi connectivity index (χ3n) is 10.6. The summed E-state index contributed by atoms with van der Waals surface area (Å²) in [6.45, 7) is 0. The second-order valence-corrected chi connectivity index (χ2v) is 13.3. The molecule has 0 saturated carbocycles. The lowest BCUT2D eigenvalue weighted by Crippen LogP contribution is -1.99. The molecule has 0 spiro atoms. The van der Waals surface area contributed by atoms with Crippen molar-refractivity contribution >= 4 is 65.4 Å². The van der Waals surface area contributed by atoms with Crippen molar-refractivity contribution in [3.05, 3.63) is 188 Å². The second kappa shape index (κ2) is 10.8. The van der Waals surface area contributed by atoms with Crippen molar-refractivity contribution in [2.24, 2.45) is 0 Å². The number of hydrogen-bond donors (Lipinski definition) is 0. The number of rotatable bonds is 4. The Hall–Kier alpha value is -6.84. The molecule has 0 radical (unpaired) electrons. The fourth-order valence-corrected chi connectivity index (χ4v) is 8.55. The Balaban J connectivity index is 1.17. The molecule has 0 bridgehead atoms. The van der Waals surface area contributed by atoms with E-state index in [1.54, 1.807) is 0 Å². The van der Waals surface area contributed by atoms with Gasteiger partial charge < -0.3 is 13.7 Å². The van der Waals surface area contributed by atoms with Gasteiger partial charge in [0.25, 0.3) is 0 Å². The monoisotopic (exact) mass is 649 g/mol. The summed E-state index contributed by atoms with van der Waals surface area (Å²) in [4.78, 5) is 0. The molecule has 0 saturated heterocycles. The number of nitrogens with zero attached hydrogens (tertiary/aromatic N) is 3. The van der Waals surface area contributed by atoms with Gasteiger partial charge in [-0.15, -0.1) is 0 Å². The van der Waals surface area contributed by atoms with E-state index in [-0.39, 0.29) is 0 Å². The molecule has 8 aromatic carbocycles. The van der Waals surface area contributed by atoms with Gasteiger partial charge in [-0.1, -0.05) is 127 Å². The molecule has 238 valence electrons. The van der Waals surface area contributed by atoms with Crippen molar-refractivity contribution in [2.75, 3.05) is 0 Å². The molecule has 3 nitrogen and oxygen atoms in total. The lowest BCUT2D eigenvalue weighted by molar-refractivity contribution is 1.16. The summed E-state index contributed by atoms with van der Waals surface area (Å²) in [5.74, 6) is 0. The third-order valence-corrected chi connectivity index (χ3v) is 10.6. The first-order chi connectivity index (χ1) is 25.3. The quantitative estimate of drug-likeness (QED) is 0.180. The average molecular weight is 650 g/mol. The summed E-state index contributed by atoms with van der Waals surface area (Å²) >= 11 is 0. The highest BCUT2D eigenvalue weighted by Crippen LogP contribution is 2.42. The predicted molar refractivity (Wildman–Crippen MR) is 215 cm³/mol. The number of fused-ring (bicyclic) bond motifs is 9. The predicted octanol–water partition coefficient (Wildman–Crippen LogP) is 12.6. The maximum atomic E-state index is 2.46. The van der Waals surface area contributed by atoms with Crippen LogP contribution in [0.5, 0.6) is 0 Å². The Kier molecular flexibility index (Phi) is 5.96. The van der Waals surface area contributed by atoms with Crippen LogP contribution in [0.4, 0.5) is 0 Å². The summed E-state index contributed by atoms with van der Waals surface area (Å²) in [5, 5.41) is 7.54. The van der Waals surface area contributed by atoms with Crippen LogP contribution in [0.3, 0.4) is 0 Å². The van der Waals surface area contributed by atoms with Crippen LogP contribution in [0.15, 0.2) is 188 Å². The molecular weight excluding hydrogens is 619 g/mol. The van der Waals surface area contributed by atoms with Crippen LogP contribution in [0.1, 0.15) is 0 Å². The average Bonchev–Trinajstić information content (AvgIpc) is 3.84. The summed E-state index contributed by atoms with van der Waals surface area (Å²) in [6, 6.07) is 68.4. The van der Waals surface area contributed by atoms with Crippen molar-refractivity contribution in [1.29, 1.82) is 0 Å². The highest BCUT2D eigenvalue weighted by atomic mass is 15.0. The van der Waals surface area contributed by atoms with Crippen LogP contribution in [0, 0.1) is 0 Å². The molecule has 51 heavy (non-hydrogen) atoms. The van der Waals surface area contributed by atoms with Crippen molar-refractivity contribution in [2.45, 2.75) is 0 Å². The Bertz CT molecular complexity index is 3040. The van der Waals surface area contributed by atoms with E-state index in [9.17, 15) is 0 Å². The SMILES string of the molecule is c1cc(-c2ccccc2-n2c3ccccc3c3c(-n4c5ccccc5c5ccccc54)cccc32)cc(-n2c3ccccc3c3ccccc32)c1. The summed E-state index contributed by atoms with van der Waals surface area (Å²) in [7, 11) is 0. The van der Waals surface area contributed by atoms with Crippen LogP contribution < -0.4 is 0 Å². The molecule has 3 heteroatoms. The van der Waals surface area contributed by atoms with Crippen molar-refractivity contribution in [1.82, 2.24) is 13.7 Å². The maximum absolute atomic E-state index is 2.46. The molecule has 0 unspecified atom stereocenters. The van der Waals surface area contributed by atoms with E-state index in [0.717, 1.165) is 11.4 Å². The second-order valence-electron chi connectivity index (χ2n) is 13.3. The molecule has 3 heterocycles. The van der Waals surface area contributed by atoms with Crippen molar-refractivity contribution in [3.8, 4) is 28.2 Å². The minimum atomic E-state index is 1.15. The third kappa shape index (κ3) is 4.00. The van der Waals surface area contributed by atoms with E-state index in [4.69, 9.17) is 0 Å². The number of benzene rings is 8. The maximum Gasteiger partial charge on any atom is 0.0562 e. The van der Waals surface area contributed by atoms with Crippen LogP contribution in [0.2, 0.25) is 0 Å². The molecule has 11 aromatic rings. The molecule has 0 aliphatic heterocycles. The zero-order chi connectivity index (χ0) is 33.5. The van der Waals surface area contributed by atoms with Crippen molar-refractivity contribution in [3.63, 3.8) is 0 Å². The molecule has 0 aliphatic carbocycles. The molecule has 0 aliphatic rings. The van der Waals surface area contributed by atoms with E-state index in [0.29, 0.717) is 0 Å². The number of hydrogen-bond acceptors (Lipinski definition) is 0. The Labute approximate surface area is 294 Å². The first kappa shape index (κ1) is 28.0. The highest BCUT2D eigenvalue weighted by Gasteiger charge is 2.21. The lowest BCUT2D eigenvalue weighted by Gasteiger charge is -2.16. The highest BCUT2D eigenvalue weighted by molar-refractivity contribution is 6.17. The van der Waals surface area contributed by atoms with Gasteiger partial charge in [-0.05, 0) is 66.2 Å². The summed E-state index contributed by atoms with van der Waals surface area (Å²) in [5.41, 5.74) is 13.1. The summed E-state index contributed by atoms with van der Waals surface area (Å²) < 4.78 is 7.31. The van der Waals surface area contributed by atoms with E-state index in [2.05, 4.69) is 202 Å².